The molecule has 0 radical (unpaired) electrons. The number of nitrogens with two attached hydrogens (primary N) is 1. The number of benzene rings is 1. The van der Waals surface area contributed by atoms with E-state index >= 15 is 0 Å². The highest BCUT2D eigenvalue weighted by molar-refractivity contribution is 6.07. The highest BCUT2D eigenvalue weighted by atomic mass is 16.5. The zero-order valence-electron chi connectivity index (χ0n) is 16.6. The van der Waals surface area contributed by atoms with Gasteiger partial charge in [-0.3, -0.25) is 4.98 Å². The van der Waals surface area contributed by atoms with Crippen molar-refractivity contribution < 1.29 is 4.74 Å². The van der Waals surface area contributed by atoms with Gasteiger partial charge < -0.3 is 10.5 Å². The summed E-state index contributed by atoms with van der Waals surface area (Å²) in [5, 5.41) is 2.54. The molecule has 146 valence electrons. The fourth-order valence-corrected chi connectivity index (χ4v) is 3.81. The Morgan fingerprint density at radius 3 is 2.57 bits per heavy atom. The largest absolute Gasteiger partial charge is 0.494 e. The molecule has 6 heteroatoms. The molecule has 0 aliphatic carbocycles. The highest BCUT2D eigenvalue weighted by Gasteiger charge is 2.17. The Morgan fingerprint density at radius 2 is 1.73 bits per heavy atom. The molecule has 0 bridgehead atoms. The van der Waals surface area contributed by atoms with Gasteiger partial charge in [-0.15, -0.1) is 0 Å². The van der Waals surface area contributed by atoms with Crippen LogP contribution in [0.3, 0.4) is 0 Å². The number of aromatic nitrogens is 4. The van der Waals surface area contributed by atoms with Crippen LogP contribution in [0.4, 0.5) is 5.82 Å². The summed E-state index contributed by atoms with van der Waals surface area (Å²) in [5.74, 6) is 0.999. The molecule has 0 saturated carbocycles. The number of nitrogens with zero attached hydrogens (tertiary/aromatic N) is 4. The van der Waals surface area contributed by atoms with Crippen molar-refractivity contribution in [1.82, 2.24) is 19.9 Å². The van der Waals surface area contributed by atoms with Crippen molar-refractivity contribution >= 4 is 27.6 Å². The summed E-state index contributed by atoms with van der Waals surface area (Å²) in [6, 6.07) is 16.1. The van der Waals surface area contributed by atoms with E-state index < -0.39 is 0 Å². The van der Waals surface area contributed by atoms with Crippen LogP contribution in [-0.2, 0) is 0 Å². The standard InChI is InChI=1S/C24H19N5O/c1-14-6-3-4-7-15(14)19-12-18(16-8-5-10-27-24(16)29-19)22-17-9-11-26-23(25)21(17)20(30-2)13-28-22/h3-13H,1-2H3,(H2,25,26). The van der Waals surface area contributed by atoms with Crippen LogP contribution in [0.15, 0.2) is 67.1 Å². The molecule has 0 spiro atoms. The first-order valence-corrected chi connectivity index (χ1v) is 9.56. The maximum Gasteiger partial charge on any atom is 0.160 e. The van der Waals surface area contributed by atoms with Crippen molar-refractivity contribution in [2.45, 2.75) is 6.92 Å². The molecule has 0 aliphatic rings. The average molecular weight is 393 g/mol. The van der Waals surface area contributed by atoms with Crippen LogP contribution in [0.5, 0.6) is 5.75 Å². The Labute approximate surface area is 173 Å². The first kappa shape index (κ1) is 18.0. The van der Waals surface area contributed by atoms with E-state index in [4.69, 9.17) is 20.4 Å². The number of ether oxygens (including phenoxy) is 1. The van der Waals surface area contributed by atoms with E-state index in [1.54, 1.807) is 25.7 Å². The van der Waals surface area contributed by atoms with Crippen LogP contribution < -0.4 is 10.5 Å². The van der Waals surface area contributed by atoms with Gasteiger partial charge in [0.1, 0.15) is 11.6 Å². The maximum absolute atomic E-state index is 6.19. The van der Waals surface area contributed by atoms with Gasteiger partial charge >= 0.3 is 0 Å². The van der Waals surface area contributed by atoms with E-state index in [0.29, 0.717) is 17.2 Å². The third kappa shape index (κ3) is 2.81. The molecule has 2 N–H and O–H groups in total. The SMILES string of the molecule is COc1cnc(-c2cc(-c3ccccc3C)nc3ncccc23)c2ccnc(N)c12. The summed E-state index contributed by atoms with van der Waals surface area (Å²) in [5.41, 5.74) is 11.6. The zero-order valence-corrected chi connectivity index (χ0v) is 16.6. The quantitative estimate of drug-likeness (QED) is 0.473. The lowest BCUT2D eigenvalue weighted by molar-refractivity contribution is 0.418. The molecule has 1 aromatic carbocycles. The van der Waals surface area contributed by atoms with E-state index in [1.165, 1.54) is 0 Å². The normalized spacial score (nSPS) is 11.1. The predicted octanol–water partition coefficient (Wildman–Crippen LogP) is 4.81. The predicted molar refractivity (Wildman–Crippen MR) is 119 cm³/mol. The first-order chi connectivity index (χ1) is 14.7. The van der Waals surface area contributed by atoms with Crippen molar-refractivity contribution in [3.8, 4) is 28.3 Å². The lowest BCUT2D eigenvalue weighted by Gasteiger charge is -2.14. The van der Waals surface area contributed by atoms with Gasteiger partial charge in [-0.1, -0.05) is 24.3 Å². The second-order valence-electron chi connectivity index (χ2n) is 7.04. The van der Waals surface area contributed by atoms with Crippen molar-refractivity contribution in [2.24, 2.45) is 0 Å². The highest BCUT2D eigenvalue weighted by Crippen LogP contribution is 2.38. The van der Waals surface area contributed by atoms with Gasteiger partial charge in [0.25, 0.3) is 0 Å². The van der Waals surface area contributed by atoms with Gasteiger partial charge in [0, 0.05) is 34.3 Å². The molecule has 30 heavy (non-hydrogen) atoms. The third-order valence-corrected chi connectivity index (χ3v) is 5.27. The number of fused-ring (bicyclic) bond motifs is 2. The Bertz CT molecular complexity index is 1410. The van der Waals surface area contributed by atoms with Gasteiger partial charge in [-0.2, -0.15) is 0 Å². The summed E-state index contributed by atoms with van der Waals surface area (Å²) in [4.78, 5) is 18.3. The monoisotopic (exact) mass is 393 g/mol. The van der Waals surface area contributed by atoms with E-state index in [2.05, 4.69) is 35.1 Å². The Morgan fingerprint density at radius 1 is 0.867 bits per heavy atom. The van der Waals surface area contributed by atoms with Crippen LogP contribution in [0.1, 0.15) is 5.56 Å². The molecule has 5 rings (SSSR count). The summed E-state index contributed by atoms with van der Waals surface area (Å²) in [7, 11) is 1.60. The van der Waals surface area contributed by atoms with E-state index in [1.807, 2.05) is 30.3 Å². The lowest BCUT2D eigenvalue weighted by atomic mass is 9.98. The fraction of sp³-hybridized carbons (Fsp3) is 0.0833. The molecule has 4 aromatic heterocycles. The number of anilines is 1. The van der Waals surface area contributed by atoms with Crippen LogP contribution in [0.2, 0.25) is 0 Å². The van der Waals surface area contributed by atoms with Crippen molar-refractivity contribution in [3.63, 3.8) is 0 Å². The average Bonchev–Trinajstić information content (AvgIpc) is 2.78. The van der Waals surface area contributed by atoms with E-state index in [0.717, 1.165) is 44.2 Å². The fourth-order valence-electron chi connectivity index (χ4n) is 3.81. The van der Waals surface area contributed by atoms with E-state index in [-0.39, 0.29) is 0 Å². The van der Waals surface area contributed by atoms with Crippen LogP contribution in [-0.4, -0.2) is 27.0 Å². The second kappa shape index (κ2) is 7.08. The first-order valence-electron chi connectivity index (χ1n) is 9.56. The van der Waals surface area contributed by atoms with E-state index in [9.17, 15) is 0 Å². The van der Waals surface area contributed by atoms with Gasteiger partial charge in [0.2, 0.25) is 0 Å². The van der Waals surface area contributed by atoms with Gasteiger partial charge in [-0.25, -0.2) is 15.0 Å². The molecular weight excluding hydrogens is 374 g/mol. The zero-order chi connectivity index (χ0) is 20.7. The molecule has 6 nitrogen and oxygen atoms in total. The Balaban J connectivity index is 1.88. The summed E-state index contributed by atoms with van der Waals surface area (Å²) >= 11 is 0. The molecule has 0 saturated heterocycles. The number of aryl methyl sites for hydroxylation is 1. The third-order valence-electron chi connectivity index (χ3n) is 5.27. The number of pyridine rings is 4. The summed E-state index contributed by atoms with van der Waals surface area (Å²) in [6.07, 6.45) is 5.13. The smallest absolute Gasteiger partial charge is 0.160 e. The molecule has 0 unspecified atom stereocenters. The Kier molecular flexibility index (Phi) is 4.25. The lowest BCUT2D eigenvalue weighted by Crippen LogP contribution is -1.99. The number of rotatable bonds is 3. The van der Waals surface area contributed by atoms with Crippen LogP contribution in [0, 0.1) is 6.92 Å². The van der Waals surface area contributed by atoms with Gasteiger partial charge in [0.15, 0.2) is 5.65 Å². The van der Waals surface area contributed by atoms with Crippen molar-refractivity contribution in [1.29, 1.82) is 0 Å². The molecule has 0 aliphatic heterocycles. The van der Waals surface area contributed by atoms with Gasteiger partial charge in [-0.05, 0) is 36.8 Å². The molecule has 0 atom stereocenters. The van der Waals surface area contributed by atoms with Crippen LogP contribution >= 0.6 is 0 Å². The van der Waals surface area contributed by atoms with Crippen molar-refractivity contribution in [2.75, 3.05) is 12.8 Å². The second-order valence-corrected chi connectivity index (χ2v) is 7.04. The molecule has 5 aromatic rings. The van der Waals surface area contributed by atoms with Crippen molar-refractivity contribution in [3.05, 3.63) is 72.7 Å². The van der Waals surface area contributed by atoms with Crippen LogP contribution in [0.25, 0.3) is 44.3 Å². The number of hydrogen-bond acceptors (Lipinski definition) is 6. The van der Waals surface area contributed by atoms with Gasteiger partial charge in [0.05, 0.1) is 30.1 Å². The minimum atomic E-state index is 0.406. The number of hydrogen-bond donors (Lipinski definition) is 1. The summed E-state index contributed by atoms with van der Waals surface area (Å²) < 4.78 is 5.49. The molecule has 4 heterocycles. The Hall–Kier alpha value is -4.06. The maximum atomic E-state index is 6.19. The molecular formula is C24H19N5O. The molecule has 0 fully saturated rings. The molecule has 0 amide bonds. The topological polar surface area (TPSA) is 86.8 Å². The number of nitrogen functional groups attached to an aromatic ring is 1. The number of methoxy groups -OCH3 is 1. The minimum absolute atomic E-state index is 0.406. The summed E-state index contributed by atoms with van der Waals surface area (Å²) in [6.45, 7) is 2.08. The minimum Gasteiger partial charge on any atom is -0.494 e.